The Labute approximate surface area is 392 Å². The van der Waals surface area contributed by atoms with Crippen molar-refractivity contribution in [2.45, 2.75) is 94.4 Å². The molecule has 0 radical (unpaired) electrons. The molecule has 0 saturated carbocycles. The number of nitrogens with zero attached hydrogens (tertiary/aromatic N) is 3. The number of carboxylic acid groups (broad SMARTS) is 2. The first-order valence-corrected chi connectivity index (χ1v) is 21.7. The number of benzene rings is 1. The number of amides is 4. The van der Waals surface area contributed by atoms with E-state index in [1.54, 1.807) is 0 Å². The molecule has 0 fully saturated rings. The van der Waals surface area contributed by atoms with Crippen LogP contribution in [0.3, 0.4) is 0 Å². The Kier molecular flexibility index (Phi) is 22.3. The normalized spacial score (nSPS) is 14.8. The number of aromatic amines is 1. The first kappa shape index (κ1) is 55.7. The number of nitrogen functional groups attached to an aromatic ring is 1. The predicted octanol–water partition coefficient (Wildman–Crippen LogP) is -3.62. The van der Waals surface area contributed by atoms with Gasteiger partial charge in [-0.05, 0) is 43.5 Å². The number of aliphatic hydroxyl groups excluding tert-OH is 5. The highest BCUT2D eigenvalue weighted by molar-refractivity contribution is 7.80. The monoisotopic (exact) mass is 976 g/mol. The molecular weight excluding hydrogens is 921 g/mol. The topological polar surface area (TPSA) is 436 Å². The molecule has 4 amide bonds. The maximum absolute atomic E-state index is 13.7. The van der Waals surface area contributed by atoms with E-state index in [9.17, 15) is 68.7 Å². The van der Waals surface area contributed by atoms with Crippen LogP contribution in [0, 0.1) is 11.8 Å². The van der Waals surface area contributed by atoms with Crippen LogP contribution in [0.15, 0.2) is 35.3 Å². The van der Waals surface area contributed by atoms with Crippen LogP contribution in [0.1, 0.15) is 67.4 Å². The molecule has 8 atom stereocenters. The van der Waals surface area contributed by atoms with Gasteiger partial charge in [-0.15, -0.1) is 0 Å². The highest BCUT2D eigenvalue weighted by Gasteiger charge is 2.32. The molecule has 68 heavy (non-hydrogen) atoms. The summed E-state index contributed by atoms with van der Waals surface area (Å²) in [6.45, 7) is -1.47. The molecule has 0 aliphatic carbocycles. The van der Waals surface area contributed by atoms with Crippen molar-refractivity contribution in [2.24, 2.45) is 11.8 Å². The van der Waals surface area contributed by atoms with Crippen LogP contribution in [0.25, 0.3) is 11.2 Å². The number of anilines is 2. The predicted molar refractivity (Wildman–Crippen MR) is 241 cm³/mol. The number of H-pyrrole nitrogens is 1. The van der Waals surface area contributed by atoms with Crippen molar-refractivity contribution in [3.05, 3.63) is 52.1 Å². The number of hydrogen-bond acceptors (Lipinski definition) is 20. The number of fused-ring (bicyclic) bond motifs is 1. The van der Waals surface area contributed by atoms with E-state index >= 15 is 0 Å². The second kappa shape index (κ2) is 27.2. The Morgan fingerprint density at radius 1 is 0.809 bits per heavy atom. The lowest BCUT2D eigenvalue weighted by atomic mass is 9.91. The number of thiol groups is 1. The summed E-state index contributed by atoms with van der Waals surface area (Å²) in [5.74, 6) is -10.0. The van der Waals surface area contributed by atoms with Gasteiger partial charge in [0.15, 0.2) is 16.9 Å². The molecule has 0 saturated heterocycles. The van der Waals surface area contributed by atoms with Crippen molar-refractivity contribution in [2.75, 3.05) is 37.0 Å². The number of nitrogens with two attached hydrogens (primary N) is 1. The minimum Gasteiger partial charge on any atom is -0.481 e. The molecule has 1 aromatic carbocycles. The molecule has 0 spiro atoms. The summed E-state index contributed by atoms with van der Waals surface area (Å²) in [5, 5.41) is 80.1. The molecule has 0 bridgehead atoms. The van der Waals surface area contributed by atoms with Crippen molar-refractivity contribution in [3.63, 3.8) is 0 Å². The summed E-state index contributed by atoms with van der Waals surface area (Å²) >= 11 is 4.14. The van der Waals surface area contributed by atoms with Crippen LogP contribution in [-0.4, -0.2) is 165 Å². The van der Waals surface area contributed by atoms with Crippen molar-refractivity contribution in [3.8, 4) is 0 Å². The molecule has 3 rings (SSSR count). The molecule has 26 nitrogen and oxygen atoms in total. The van der Waals surface area contributed by atoms with Crippen molar-refractivity contribution in [1.82, 2.24) is 41.2 Å². The molecule has 0 unspecified atom stereocenters. The quantitative estimate of drug-likeness (QED) is 0.0287. The number of carbonyl (C=O) groups is 8. The number of aliphatic hydroxyl groups is 5. The van der Waals surface area contributed by atoms with E-state index in [1.807, 2.05) is 0 Å². The zero-order valence-electron chi connectivity index (χ0n) is 36.7. The minimum atomic E-state index is -1.99. The third-order valence-corrected chi connectivity index (χ3v) is 10.8. The molecular formula is C41H56N10O16S. The summed E-state index contributed by atoms with van der Waals surface area (Å²) < 4.78 is 0. The van der Waals surface area contributed by atoms with Crippen LogP contribution >= 0.6 is 12.6 Å². The van der Waals surface area contributed by atoms with Gasteiger partial charge in [-0.2, -0.15) is 17.6 Å². The number of rotatable bonds is 30. The number of aromatic nitrogens is 4. The summed E-state index contributed by atoms with van der Waals surface area (Å²) in [7, 11) is 1.30. The number of Topliss-reactive ketones (excluding diaryl/α,β-unsaturated/α-hetero) is 2. The second-order valence-corrected chi connectivity index (χ2v) is 15.9. The maximum atomic E-state index is 13.7. The van der Waals surface area contributed by atoms with E-state index in [4.69, 9.17) is 15.9 Å². The Morgan fingerprint density at radius 2 is 1.46 bits per heavy atom. The maximum Gasteiger partial charge on any atom is 0.326 e. The number of carboxylic acids is 2. The third-order valence-electron chi connectivity index (χ3n) is 10.5. The lowest BCUT2D eigenvalue weighted by molar-refractivity contribution is -0.140. The van der Waals surface area contributed by atoms with Crippen LogP contribution in [0.5, 0.6) is 0 Å². The molecule has 372 valence electrons. The van der Waals surface area contributed by atoms with Crippen molar-refractivity contribution < 1.29 is 74.1 Å². The second-order valence-electron chi connectivity index (χ2n) is 15.6. The van der Waals surface area contributed by atoms with Crippen LogP contribution < -0.4 is 37.9 Å². The largest absolute Gasteiger partial charge is 0.481 e. The minimum absolute atomic E-state index is 0.0191. The van der Waals surface area contributed by atoms with E-state index < -0.39 is 153 Å². The smallest absolute Gasteiger partial charge is 0.326 e. The van der Waals surface area contributed by atoms with Gasteiger partial charge >= 0.3 is 11.9 Å². The van der Waals surface area contributed by atoms with E-state index in [0.717, 1.165) is 0 Å². The first-order chi connectivity index (χ1) is 32.2. The molecule has 27 heteroatoms. The first-order valence-electron chi connectivity index (χ1n) is 21.1. The van der Waals surface area contributed by atoms with Gasteiger partial charge in [0.05, 0.1) is 37.2 Å². The van der Waals surface area contributed by atoms with E-state index in [1.165, 1.54) is 37.5 Å². The average Bonchev–Trinajstić information content (AvgIpc) is 3.31. The standard InChI is InChI=1S/C41H56N10O16S/c1-43-36(62)21(5-11-31(58)59)13-27(54)26(18-68)49-38(64)20(4-10-30(57)45-16-28(55)33(60)34(61)29(56)17-52)12-24(53)8-9-25(40(66)67)48-37(63)19-2-6-22(7-3-19)44-14-23-15-46-35-32(47-23)39(65)51-41(42)50-35/h2-3,6-7,15,20-21,25-26,28-29,33-34,44,52,55-56,60-61,68H,4-5,8-14,16-18H2,1H3,(H,43,62)(H,45,57)(H,48,63)(H,49,64)(H,58,59)(H,66,67)(H3,42,46,50,51,65)/t20-,21-,25+,26+,28+,29-,33-,34-/m1/s1. The molecule has 2 heterocycles. The Morgan fingerprint density at radius 3 is 2.07 bits per heavy atom. The fourth-order valence-electron chi connectivity index (χ4n) is 6.52. The van der Waals surface area contributed by atoms with E-state index in [2.05, 4.69) is 59.1 Å². The Balaban J connectivity index is 1.67. The van der Waals surface area contributed by atoms with Gasteiger partial charge < -0.3 is 68.1 Å². The highest BCUT2D eigenvalue weighted by Crippen LogP contribution is 2.19. The van der Waals surface area contributed by atoms with Gasteiger partial charge in [0.1, 0.15) is 30.1 Å². The van der Waals surface area contributed by atoms with E-state index in [0.29, 0.717) is 11.4 Å². The number of carbonyl (C=O) groups excluding carboxylic acids is 6. The molecule has 3 aromatic rings. The summed E-state index contributed by atoms with van der Waals surface area (Å²) in [6, 6.07) is 2.92. The number of ketones is 2. The summed E-state index contributed by atoms with van der Waals surface area (Å²) in [4.78, 5) is 129. The van der Waals surface area contributed by atoms with E-state index in [-0.39, 0.29) is 47.8 Å². The van der Waals surface area contributed by atoms with Gasteiger partial charge in [-0.25, -0.2) is 14.8 Å². The van der Waals surface area contributed by atoms with Gasteiger partial charge in [0, 0.05) is 74.5 Å². The van der Waals surface area contributed by atoms with Gasteiger partial charge in [-0.3, -0.25) is 43.3 Å². The van der Waals surface area contributed by atoms with Gasteiger partial charge in [0.2, 0.25) is 23.7 Å². The molecule has 0 aliphatic rings. The number of nitrogens with one attached hydrogen (secondary N) is 6. The third kappa shape index (κ3) is 17.5. The molecule has 0 aliphatic heterocycles. The van der Waals surface area contributed by atoms with Crippen molar-refractivity contribution in [1.29, 1.82) is 0 Å². The Hall–Kier alpha value is -6.65. The van der Waals surface area contributed by atoms with Gasteiger partial charge in [0.25, 0.3) is 11.5 Å². The van der Waals surface area contributed by atoms with Crippen LogP contribution in [0.4, 0.5) is 11.6 Å². The molecule has 15 N–H and O–H groups in total. The summed E-state index contributed by atoms with van der Waals surface area (Å²) in [5.41, 5.74) is 5.96. The average molecular weight is 977 g/mol. The number of aliphatic carboxylic acids is 2. The Bertz CT molecular complexity index is 2320. The highest BCUT2D eigenvalue weighted by atomic mass is 32.1. The van der Waals surface area contributed by atoms with Crippen LogP contribution in [-0.2, 0) is 40.1 Å². The lowest BCUT2D eigenvalue weighted by Crippen LogP contribution is -2.49. The zero-order chi connectivity index (χ0) is 50.7. The van der Waals surface area contributed by atoms with Gasteiger partial charge in [-0.1, -0.05) is 0 Å². The molecule has 2 aromatic heterocycles. The van der Waals surface area contributed by atoms with Crippen LogP contribution in [0.2, 0.25) is 0 Å². The fraction of sp³-hybridized carbons (Fsp3) is 0.512. The SMILES string of the molecule is CNC(=O)[C@H](CCC(=O)O)CC(=O)[C@H](CS)NC(=O)[C@H](CCC(=O)NC[C@H](O)[C@@H](O)[C@H](O)[C@H](O)CO)CC(=O)CC[C@H](NC(=O)c1ccc(NCc2cnc3nc(N)[nH]c(=O)c3n2)cc1)C(=O)O. The van der Waals surface area contributed by atoms with Crippen molar-refractivity contribution >= 4 is 82.6 Å². The number of hydrogen-bond donors (Lipinski definition) is 15. The lowest BCUT2D eigenvalue weighted by Gasteiger charge is -2.25. The summed E-state index contributed by atoms with van der Waals surface area (Å²) in [6.07, 6.45) is -9.66. The zero-order valence-corrected chi connectivity index (χ0v) is 37.6. The fourth-order valence-corrected chi connectivity index (χ4v) is 6.82.